The zero-order valence-corrected chi connectivity index (χ0v) is 17.5. The van der Waals surface area contributed by atoms with Crippen molar-refractivity contribution < 1.29 is 5.11 Å². The minimum absolute atomic E-state index is 0.103. The van der Waals surface area contributed by atoms with Crippen molar-refractivity contribution >= 4 is 17.7 Å². The summed E-state index contributed by atoms with van der Waals surface area (Å²) >= 11 is 1.98. The summed E-state index contributed by atoms with van der Waals surface area (Å²) < 4.78 is 0. The minimum atomic E-state index is -0.103. The number of hydrogen-bond donors (Lipinski definition) is 3. The number of likely N-dealkylation sites (tertiary alicyclic amines) is 1. The molecule has 1 aliphatic heterocycles. The molecule has 1 aliphatic carbocycles. The standard InChI is InChI=1S/C21H34N4OS/c1-22-21(24-18-7-8-20(13-18)27-2)23-14-16-3-5-17(6-4-16)15-25-11-9-19(26)10-12-25/h3-6,18-20,26H,7-15H2,1-2H3,(H2,22,23,24). The molecule has 1 saturated carbocycles. The van der Waals surface area contributed by atoms with Gasteiger partial charge in [-0.05, 0) is 49.5 Å². The number of aliphatic hydroxyl groups is 1. The van der Waals surface area contributed by atoms with Crippen molar-refractivity contribution in [2.45, 2.75) is 62.6 Å². The van der Waals surface area contributed by atoms with E-state index in [2.05, 4.69) is 51.0 Å². The van der Waals surface area contributed by atoms with Crippen molar-refractivity contribution in [2.24, 2.45) is 4.99 Å². The predicted octanol–water partition coefficient (Wildman–Crippen LogP) is 2.59. The van der Waals surface area contributed by atoms with Crippen LogP contribution < -0.4 is 10.6 Å². The molecule has 6 heteroatoms. The van der Waals surface area contributed by atoms with Crippen molar-refractivity contribution in [1.82, 2.24) is 15.5 Å². The number of rotatable bonds is 6. The van der Waals surface area contributed by atoms with Crippen molar-refractivity contribution in [2.75, 3.05) is 26.4 Å². The second-order valence-corrected chi connectivity index (χ2v) is 8.90. The van der Waals surface area contributed by atoms with E-state index in [0.717, 1.165) is 50.2 Å². The first kappa shape index (κ1) is 20.5. The van der Waals surface area contributed by atoms with Gasteiger partial charge in [0, 0.05) is 44.5 Å². The topological polar surface area (TPSA) is 59.9 Å². The number of guanidine groups is 1. The van der Waals surface area contributed by atoms with E-state index in [0.29, 0.717) is 6.04 Å². The molecule has 27 heavy (non-hydrogen) atoms. The Hall–Kier alpha value is -1.24. The summed E-state index contributed by atoms with van der Waals surface area (Å²) in [6.07, 6.45) is 7.65. The fraction of sp³-hybridized carbons (Fsp3) is 0.667. The molecule has 1 aromatic rings. The largest absolute Gasteiger partial charge is 0.393 e. The molecule has 3 N–H and O–H groups in total. The molecule has 2 unspecified atom stereocenters. The van der Waals surface area contributed by atoms with E-state index in [1.165, 1.54) is 30.4 Å². The lowest BCUT2D eigenvalue weighted by atomic mass is 10.1. The summed E-state index contributed by atoms with van der Waals surface area (Å²) in [5, 5.41) is 17.4. The Balaban J connectivity index is 1.42. The summed E-state index contributed by atoms with van der Waals surface area (Å²) in [5.41, 5.74) is 2.61. The molecule has 1 saturated heterocycles. The van der Waals surface area contributed by atoms with Crippen LogP contribution in [-0.2, 0) is 13.1 Å². The summed E-state index contributed by atoms with van der Waals surface area (Å²) in [4.78, 5) is 6.80. The summed E-state index contributed by atoms with van der Waals surface area (Å²) in [6.45, 7) is 3.74. The molecule has 1 aromatic carbocycles. The van der Waals surface area contributed by atoms with Gasteiger partial charge in [-0.3, -0.25) is 9.89 Å². The molecule has 0 aromatic heterocycles. The number of hydrogen-bond acceptors (Lipinski definition) is 4. The van der Waals surface area contributed by atoms with Crippen LogP contribution in [0.25, 0.3) is 0 Å². The van der Waals surface area contributed by atoms with Crippen LogP contribution >= 0.6 is 11.8 Å². The molecule has 0 spiro atoms. The van der Waals surface area contributed by atoms with Crippen LogP contribution in [0.15, 0.2) is 29.3 Å². The quantitative estimate of drug-likeness (QED) is 0.515. The van der Waals surface area contributed by atoms with E-state index in [1.807, 2.05) is 18.8 Å². The molecule has 3 rings (SSSR count). The maximum Gasteiger partial charge on any atom is 0.191 e. The molecular formula is C21H34N4OS. The molecule has 2 fully saturated rings. The molecule has 0 radical (unpaired) electrons. The van der Waals surface area contributed by atoms with Gasteiger partial charge in [0.15, 0.2) is 5.96 Å². The van der Waals surface area contributed by atoms with Gasteiger partial charge in [-0.2, -0.15) is 11.8 Å². The van der Waals surface area contributed by atoms with Gasteiger partial charge in [0.2, 0.25) is 0 Å². The van der Waals surface area contributed by atoms with Crippen LogP contribution in [0.4, 0.5) is 0 Å². The van der Waals surface area contributed by atoms with Crippen molar-refractivity contribution in [3.8, 4) is 0 Å². The van der Waals surface area contributed by atoms with Gasteiger partial charge in [-0.1, -0.05) is 24.3 Å². The lowest BCUT2D eigenvalue weighted by Crippen LogP contribution is -2.42. The van der Waals surface area contributed by atoms with Crippen molar-refractivity contribution in [3.63, 3.8) is 0 Å². The molecule has 2 atom stereocenters. The number of benzene rings is 1. The Kier molecular flexibility index (Phi) is 7.85. The normalized spacial score (nSPS) is 24.9. The van der Waals surface area contributed by atoms with E-state index in [-0.39, 0.29) is 6.10 Å². The number of aliphatic imine (C=N–C) groups is 1. The Morgan fingerprint density at radius 3 is 2.48 bits per heavy atom. The first-order valence-corrected chi connectivity index (χ1v) is 11.4. The smallest absolute Gasteiger partial charge is 0.191 e. The van der Waals surface area contributed by atoms with E-state index < -0.39 is 0 Å². The first-order chi connectivity index (χ1) is 13.2. The van der Waals surface area contributed by atoms with Crippen LogP contribution in [0.3, 0.4) is 0 Å². The van der Waals surface area contributed by atoms with Crippen LogP contribution in [0.1, 0.15) is 43.2 Å². The van der Waals surface area contributed by atoms with E-state index in [1.54, 1.807) is 0 Å². The van der Waals surface area contributed by atoms with E-state index >= 15 is 0 Å². The van der Waals surface area contributed by atoms with Gasteiger partial charge in [0.1, 0.15) is 0 Å². The summed E-state index contributed by atoms with van der Waals surface area (Å²) in [6, 6.07) is 9.39. The predicted molar refractivity (Wildman–Crippen MR) is 115 cm³/mol. The second kappa shape index (κ2) is 10.3. The van der Waals surface area contributed by atoms with E-state index in [9.17, 15) is 5.11 Å². The molecule has 2 aliphatic rings. The average Bonchev–Trinajstić information content (AvgIpc) is 3.15. The Labute approximate surface area is 168 Å². The Morgan fingerprint density at radius 1 is 1.15 bits per heavy atom. The molecule has 1 heterocycles. The van der Waals surface area contributed by atoms with Crippen molar-refractivity contribution in [3.05, 3.63) is 35.4 Å². The van der Waals surface area contributed by atoms with Crippen LogP contribution in [0.2, 0.25) is 0 Å². The zero-order valence-electron chi connectivity index (χ0n) is 16.7. The fourth-order valence-electron chi connectivity index (χ4n) is 3.96. The number of nitrogens with zero attached hydrogens (tertiary/aromatic N) is 2. The summed E-state index contributed by atoms with van der Waals surface area (Å²) in [5.74, 6) is 0.901. The zero-order chi connectivity index (χ0) is 19.1. The number of thioether (sulfide) groups is 1. The molecule has 0 amide bonds. The highest BCUT2D eigenvalue weighted by atomic mass is 32.2. The Bertz CT molecular complexity index is 599. The van der Waals surface area contributed by atoms with Crippen LogP contribution in [-0.4, -0.2) is 59.8 Å². The highest BCUT2D eigenvalue weighted by Gasteiger charge is 2.24. The van der Waals surface area contributed by atoms with Gasteiger partial charge in [-0.25, -0.2) is 0 Å². The maximum absolute atomic E-state index is 9.62. The van der Waals surface area contributed by atoms with Gasteiger partial charge in [0.05, 0.1) is 6.10 Å². The molecule has 0 bridgehead atoms. The number of nitrogens with one attached hydrogen (secondary N) is 2. The molecule has 5 nitrogen and oxygen atoms in total. The number of aliphatic hydroxyl groups excluding tert-OH is 1. The minimum Gasteiger partial charge on any atom is -0.393 e. The SMILES string of the molecule is CN=C(NCc1ccc(CN2CCC(O)CC2)cc1)NC1CCC(SC)C1. The van der Waals surface area contributed by atoms with Crippen molar-refractivity contribution in [1.29, 1.82) is 0 Å². The lowest BCUT2D eigenvalue weighted by Gasteiger charge is -2.29. The van der Waals surface area contributed by atoms with E-state index in [4.69, 9.17) is 0 Å². The van der Waals surface area contributed by atoms with Gasteiger partial charge < -0.3 is 15.7 Å². The lowest BCUT2D eigenvalue weighted by molar-refractivity contribution is 0.0792. The molecule has 150 valence electrons. The average molecular weight is 391 g/mol. The van der Waals surface area contributed by atoms with Crippen LogP contribution in [0.5, 0.6) is 0 Å². The fourth-order valence-corrected chi connectivity index (χ4v) is 4.75. The third-order valence-electron chi connectivity index (χ3n) is 5.73. The maximum atomic E-state index is 9.62. The monoisotopic (exact) mass is 390 g/mol. The third kappa shape index (κ3) is 6.40. The Morgan fingerprint density at radius 2 is 1.85 bits per heavy atom. The first-order valence-electron chi connectivity index (χ1n) is 10.1. The number of piperidine rings is 1. The highest BCUT2D eigenvalue weighted by molar-refractivity contribution is 7.99. The van der Waals surface area contributed by atoms with Gasteiger partial charge in [-0.15, -0.1) is 0 Å². The van der Waals surface area contributed by atoms with Gasteiger partial charge in [0.25, 0.3) is 0 Å². The third-order valence-corrected chi connectivity index (χ3v) is 6.82. The second-order valence-electron chi connectivity index (χ2n) is 7.76. The summed E-state index contributed by atoms with van der Waals surface area (Å²) in [7, 11) is 1.84. The molecular weight excluding hydrogens is 356 g/mol. The highest BCUT2D eigenvalue weighted by Crippen LogP contribution is 2.28. The van der Waals surface area contributed by atoms with Gasteiger partial charge >= 0.3 is 0 Å². The van der Waals surface area contributed by atoms with Crippen LogP contribution in [0, 0.1) is 0 Å².